The minimum atomic E-state index is 0.127. The first-order valence-electron chi connectivity index (χ1n) is 6.40. The second kappa shape index (κ2) is 7.02. The Labute approximate surface area is 117 Å². The lowest BCUT2D eigenvalue weighted by Gasteiger charge is -2.00. The molecule has 2 rings (SSSR count). The molecule has 6 nitrogen and oxygen atoms in total. The normalized spacial score (nSPS) is 10.9. The van der Waals surface area contributed by atoms with E-state index in [1.807, 2.05) is 19.1 Å². The van der Waals surface area contributed by atoms with E-state index < -0.39 is 0 Å². The van der Waals surface area contributed by atoms with Crippen LogP contribution in [-0.2, 0) is 15.9 Å². The molecule has 1 aromatic carbocycles. The molecule has 0 aliphatic rings. The summed E-state index contributed by atoms with van der Waals surface area (Å²) in [6.45, 7) is 3.54. The smallest absolute Gasteiger partial charge is 0.261 e. The molecule has 20 heavy (non-hydrogen) atoms. The number of benzene rings is 1. The van der Waals surface area contributed by atoms with Gasteiger partial charge in [-0.2, -0.15) is 4.98 Å². The molecule has 2 aromatic rings. The number of rotatable bonds is 7. The summed E-state index contributed by atoms with van der Waals surface area (Å²) in [5, 5.41) is 13.7. The molecule has 0 radical (unpaired) electrons. The standard InChI is InChI=1S/C14H18N2O4/c1-10-3-4-12(17)11(9-10)14-15-13(16-20-14)5-6-19-8-7-18-2/h3-4,9,17H,5-8H2,1-2H3. The van der Waals surface area contributed by atoms with Crippen LogP contribution in [-0.4, -0.2) is 42.2 Å². The van der Waals surface area contributed by atoms with Crippen LogP contribution in [0.25, 0.3) is 11.5 Å². The molecule has 0 unspecified atom stereocenters. The molecular formula is C14H18N2O4. The zero-order valence-corrected chi connectivity index (χ0v) is 11.6. The number of nitrogens with zero attached hydrogens (tertiary/aromatic N) is 2. The molecule has 0 aliphatic carbocycles. The lowest BCUT2D eigenvalue weighted by Crippen LogP contribution is -2.05. The Balaban J connectivity index is 1.96. The van der Waals surface area contributed by atoms with E-state index in [1.165, 1.54) is 0 Å². The SMILES string of the molecule is COCCOCCc1noc(-c2cc(C)ccc2O)n1. The van der Waals surface area contributed by atoms with E-state index in [-0.39, 0.29) is 5.75 Å². The first-order valence-corrected chi connectivity index (χ1v) is 6.40. The van der Waals surface area contributed by atoms with E-state index in [1.54, 1.807) is 13.2 Å². The van der Waals surface area contributed by atoms with Crippen molar-refractivity contribution >= 4 is 0 Å². The summed E-state index contributed by atoms with van der Waals surface area (Å²) in [6, 6.07) is 5.24. The topological polar surface area (TPSA) is 77.6 Å². The fourth-order valence-corrected chi connectivity index (χ4v) is 1.69. The van der Waals surface area contributed by atoms with Crippen LogP contribution in [0.4, 0.5) is 0 Å². The number of methoxy groups -OCH3 is 1. The van der Waals surface area contributed by atoms with Gasteiger partial charge in [-0.3, -0.25) is 0 Å². The van der Waals surface area contributed by atoms with Gasteiger partial charge in [-0.05, 0) is 19.1 Å². The van der Waals surface area contributed by atoms with Crippen LogP contribution < -0.4 is 0 Å². The Morgan fingerprint density at radius 2 is 2.10 bits per heavy atom. The van der Waals surface area contributed by atoms with Gasteiger partial charge in [-0.1, -0.05) is 16.8 Å². The molecule has 1 heterocycles. The van der Waals surface area contributed by atoms with Crippen molar-refractivity contribution in [2.45, 2.75) is 13.3 Å². The van der Waals surface area contributed by atoms with Crippen molar-refractivity contribution in [1.82, 2.24) is 10.1 Å². The number of hydrogen-bond acceptors (Lipinski definition) is 6. The average molecular weight is 278 g/mol. The van der Waals surface area contributed by atoms with Crippen LogP contribution in [0.5, 0.6) is 5.75 Å². The Bertz CT molecular complexity index is 554. The third-order valence-electron chi connectivity index (χ3n) is 2.75. The van der Waals surface area contributed by atoms with Crippen LogP contribution in [0, 0.1) is 6.92 Å². The Hall–Kier alpha value is -1.92. The first kappa shape index (κ1) is 14.5. The van der Waals surface area contributed by atoms with Crippen molar-refractivity contribution in [3.8, 4) is 17.2 Å². The molecule has 6 heteroatoms. The van der Waals surface area contributed by atoms with Gasteiger partial charge in [0.1, 0.15) is 5.75 Å². The molecule has 0 saturated carbocycles. The van der Waals surface area contributed by atoms with Crippen LogP contribution in [0.3, 0.4) is 0 Å². The molecule has 0 bridgehead atoms. The largest absolute Gasteiger partial charge is 0.507 e. The van der Waals surface area contributed by atoms with Gasteiger partial charge in [0.25, 0.3) is 5.89 Å². The van der Waals surface area contributed by atoms with Crippen molar-refractivity contribution in [3.63, 3.8) is 0 Å². The maximum atomic E-state index is 9.80. The highest BCUT2D eigenvalue weighted by Crippen LogP contribution is 2.28. The second-order valence-corrected chi connectivity index (χ2v) is 4.39. The van der Waals surface area contributed by atoms with E-state index in [9.17, 15) is 5.11 Å². The monoisotopic (exact) mass is 278 g/mol. The third kappa shape index (κ3) is 3.79. The van der Waals surface area contributed by atoms with Crippen LogP contribution >= 0.6 is 0 Å². The third-order valence-corrected chi connectivity index (χ3v) is 2.75. The van der Waals surface area contributed by atoms with E-state index >= 15 is 0 Å². The molecule has 0 fully saturated rings. The molecule has 0 amide bonds. The predicted molar refractivity (Wildman–Crippen MR) is 72.5 cm³/mol. The van der Waals surface area contributed by atoms with Crippen LogP contribution in [0.1, 0.15) is 11.4 Å². The van der Waals surface area contributed by atoms with Crippen molar-refractivity contribution in [2.24, 2.45) is 0 Å². The molecular weight excluding hydrogens is 260 g/mol. The maximum Gasteiger partial charge on any atom is 0.261 e. The minimum absolute atomic E-state index is 0.127. The highest BCUT2D eigenvalue weighted by Gasteiger charge is 2.12. The molecule has 0 aliphatic heterocycles. The van der Waals surface area contributed by atoms with E-state index in [2.05, 4.69) is 10.1 Å². The average Bonchev–Trinajstić information content (AvgIpc) is 2.90. The minimum Gasteiger partial charge on any atom is -0.507 e. The fourth-order valence-electron chi connectivity index (χ4n) is 1.69. The van der Waals surface area contributed by atoms with Gasteiger partial charge in [-0.15, -0.1) is 0 Å². The summed E-state index contributed by atoms with van der Waals surface area (Å²) in [4.78, 5) is 4.25. The molecule has 108 valence electrons. The van der Waals surface area contributed by atoms with Crippen LogP contribution in [0.2, 0.25) is 0 Å². The summed E-state index contributed by atoms with van der Waals surface area (Å²) >= 11 is 0. The lowest BCUT2D eigenvalue weighted by atomic mass is 10.1. The quantitative estimate of drug-likeness (QED) is 0.780. The highest BCUT2D eigenvalue weighted by atomic mass is 16.5. The number of ether oxygens (including phenoxy) is 2. The fraction of sp³-hybridized carbons (Fsp3) is 0.429. The lowest BCUT2D eigenvalue weighted by molar-refractivity contribution is 0.0714. The van der Waals surface area contributed by atoms with Gasteiger partial charge in [0.15, 0.2) is 5.82 Å². The summed E-state index contributed by atoms with van der Waals surface area (Å²) < 4.78 is 15.4. The zero-order chi connectivity index (χ0) is 14.4. The van der Waals surface area contributed by atoms with Crippen LogP contribution in [0.15, 0.2) is 22.7 Å². The van der Waals surface area contributed by atoms with Gasteiger partial charge < -0.3 is 19.1 Å². The summed E-state index contributed by atoms with van der Waals surface area (Å²) in [7, 11) is 1.63. The van der Waals surface area contributed by atoms with Gasteiger partial charge in [-0.25, -0.2) is 0 Å². The Morgan fingerprint density at radius 3 is 2.90 bits per heavy atom. The maximum absolute atomic E-state index is 9.80. The molecule has 1 aromatic heterocycles. The van der Waals surface area contributed by atoms with Gasteiger partial charge in [0, 0.05) is 13.5 Å². The van der Waals surface area contributed by atoms with Gasteiger partial charge in [0.05, 0.1) is 25.4 Å². The summed E-state index contributed by atoms with van der Waals surface area (Å²) in [6.07, 6.45) is 0.555. The number of aromatic nitrogens is 2. The summed E-state index contributed by atoms with van der Waals surface area (Å²) in [5.74, 6) is 0.999. The van der Waals surface area contributed by atoms with Crippen molar-refractivity contribution in [3.05, 3.63) is 29.6 Å². The number of aryl methyl sites for hydroxylation is 1. The zero-order valence-electron chi connectivity index (χ0n) is 11.6. The number of phenolic OH excluding ortho intramolecular Hbond substituents is 1. The Kier molecular flexibility index (Phi) is 5.09. The van der Waals surface area contributed by atoms with E-state index in [0.29, 0.717) is 43.5 Å². The summed E-state index contributed by atoms with van der Waals surface area (Å²) in [5.41, 5.74) is 1.56. The highest BCUT2D eigenvalue weighted by molar-refractivity contribution is 5.62. The molecule has 0 saturated heterocycles. The van der Waals surface area contributed by atoms with Gasteiger partial charge in [0.2, 0.25) is 0 Å². The van der Waals surface area contributed by atoms with E-state index in [4.69, 9.17) is 14.0 Å². The Morgan fingerprint density at radius 1 is 1.25 bits per heavy atom. The first-order chi connectivity index (χ1) is 9.70. The second-order valence-electron chi connectivity index (χ2n) is 4.39. The number of hydrogen-bond donors (Lipinski definition) is 1. The van der Waals surface area contributed by atoms with Crippen molar-refractivity contribution in [1.29, 1.82) is 0 Å². The predicted octanol–water partition coefficient (Wildman–Crippen LogP) is 1.96. The van der Waals surface area contributed by atoms with Crippen molar-refractivity contribution in [2.75, 3.05) is 26.9 Å². The molecule has 0 atom stereocenters. The number of phenols is 1. The van der Waals surface area contributed by atoms with Gasteiger partial charge >= 0.3 is 0 Å². The molecule has 0 spiro atoms. The van der Waals surface area contributed by atoms with Crippen molar-refractivity contribution < 1.29 is 19.1 Å². The van der Waals surface area contributed by atoms with E-state index in [0.717, 1.165) is 5.56 Å². The number of aromatic hydroxyl groups is 1. The molecule has 1 N–H and O–H groups in total.